The van der Waals surface area contributed by atoms with Gasteiger partial charge in [0.1, 0.15) is 10.8 Å². The molecule has 0 aliphatic rings. The normalized spacial score (nSPS) is 11.0. The molecule has 3 heterocycles. The number of hydrogen-bond acceptors (Lipinski definition) is 4. The first-order valence-corrected chi connectivity index (χ1v) is 8.68. The number of nitrogens with zero attached hydrogens (tertiary/aromatic N) is 3. The molecule has 0 radical (unpaired) electrons. The summed E-state index contributed by atoms with van der Waals surface area (Å²) in [6.45, 7) is 8.35. The van der Waals surface area contributed by atoms with Gasteiger partial charge in [0.25, 0.3) is 5.91 Å². The summed E-state index contributed by atoms with van der Waals surface area (Å²) in [5, 5.41) is 6.88. The van der Waals surface area contributed by atoms with Crippen LogP contribution < -0.4 is 0 Å². The molecule has 3 aromatic rings. The Labute approximate surface area is 145 Å². The maximum atomic E-state index is 13.0. The zero-order valence-corrected chi connectivity index (χ0v) is 15.4. The molecule has 0 N–H and O–H groups in total. The van der Waals surface area contributed by atoms with Crippen LogP contribution in [0, 0.1) is 27.7 Å². The summed E-state index contributed by atoms with van der Waals surface area (Å²) in [5.74, 6) is 0.758. The lowest BCUT2D eigenvalue weighted by molar-refractivity contribution is 0.0785. The highest BCUT2D eigenvalue weighted by Gasteiger charge is 2.21. The smallest absolute Gasteiger partial charge is 0.256 e. The van der Waals surface area contributed by atoms with Crippen molar-refractivity contribution < 1.29 is 9.32 Å². The highest BCUT2D eigenvalue weighted by Crippen LogP contribution is 2.27. The van der Waals surface area contributed by atoms with E-state index in [0.29, 0.717) is 6.54 Å². The Bertz CT molecular complexity index is 849. The molecule has 0 saturated carbocycles. The Balaban J connectivity index is 1.90. The van der Waals surface area contributed by atoms with Crippen LogP contribution in [-0.4, -0.2) is 27.6 Å². The minimum absolute atomic E-state index is 0.00116. The zero-order chi connectivity index (χ0) is 17.4. The molecule has 0 aromatic carbocycles. The van der Waals surface area contributed by atoms with Crippen molar-refractivity contribution in [1.29, 1.82) is 0 Å². The molecule has 126 valence electrons. The van der Waals surface area contributed by atoms with Crippen LogP contribution in [0.1, 0.15) is 38.8 Å². The molecule has 6 heteroatoms. The van der Waals surface area contributed by atoms with Crippen LogP contribution in [0.2, 0.25) is 0 Å². The van der Waals surface area contributed by atoms with E-state index in [4.69, 9.17) is 4.52 Å². The SMILES string of the molecule is Cc1noc(C)c1CN(C)C(=O)c1ccsc1-n1c(C)ccc1C. The maximum Gasteiger partial charge on any atom is 0.256 e. The predicted octanol–water partition coefficient (Wildman–Crippen LogP) is 4.03. The van der Waals surface area contributed by atoms with Gasteiger partial charge in [0.2, 0.25) is 0 Å². The highest BCUT2D eigenvalue weighted by molar-refractivity contribution is 7.13. The summed E-state index contributed by atoms with van der Waals surface area (Å²) in [6.07, 6.45) is 0. The van der Waals surface area contributed by atoms with Crippen LogP contribution in [0.5, 0.6) is 0 Å². The average Bonchev–Trinajstić information content (AvgIpc) is 3.22. The average molecular weight is 343 g/mol. The van der Waals surface area contributed by atoms with Gasteiger partial charge in [-0.15, -0.1) is 11.3 Å². The van der Waals surface area contributed by atoms with Gasteiger partial charge >= 0.3 is 0 Å². The molecule has 0 saturated heterocycles. The monoisotopic (exact) mass is 343 g/mol. The number of aryl methyl sites for hydroxylation is 4. The van der Waals surface area contributed by atoms with Crippen molar-refractivity contribution in [2.75, 3.05) is 7.05 Å². The van der Waals surface area contributed by atoms with Crippen molar-refractivity contribution in [1.82, 2.24) is 14.6 Å². The molecule has 0 aliphatic heterocycles. The zero-order valence-electron chi connectivity index (χ0n) is 14.6. The topological polar surface area (TPSA) is 51.3 Å². The number of thiophene rings is 1. The third kappa shape index (κ3) is 2.78. The van der Waals surface area contributed by atoms with E-state index in [0.717, 1.165) is 39.0 Å². The van der Waals surface area contributed by atoms with Gasteiger partial charge < -0.3 is 14.0 Å². The van der Waals surface area contributed by atoms with Gasteiger partial charge in [-0.1, -0.05) is 5.16 Å². The fourth-order valence-corrected chi connectivity index (χ4v) is 3.88. The minimum atomic E-state index is -0.00116. The second-order valence-corrected chi connectivity index (χ2v) is 6.95. The third-order valence-corrected chi connectivity index (χ3v) is 5.17. The fraction of sp³-hybridized carbons (Fsp3) is 0.333. The number of carbonyl (C=O) groups excluding carboxylic acids is 1. The molecule has 3 aromatic heterocycles. The first-order chi connectivity index (χ1) is 11.4. The van der Waals surface area contributed by atoms with Crippen LogP contribution in [0.25, 0.3) is 5.00 Å². The summed E-state index contributed by atoms with van der Waals surface area (Å²) in [4.78, 5) is 14.7. The largest absolute Gasteiger partial charge is 0.361 e. The Morgan fingerprint density at radius 3 is 2.46 bits per heavy atom. The number of rotatable bonds is 4. The Kier molecular flexibility index (Phi) is 4.32. The van der Waals surface area contributed by atoms with E-state index in [1.165, 1.54) is 0 Å². The summed E-state index contributed by atoms with van der Waals surface area (Å²) >= 11 is 1.58. The third-order valence-electron chi connectivity index (χ3n) is 4.27. The summed E-state index contributed by atoms with van der Waals surface area (Å²) in [6, 6.07) is 6.03. The van der Waals surface area contributed by atoms with Crippen LogP contribution >= 0.6 is 11.3 Å². The van der Waals surface area contributed by atoms with Gasteiger partial charge in [0, 0.05) is 24.0 Å². The quantitative estimate of drug-likeness (QED) is 0.718. The molecule has 0 fully saturated rings. The van der Waals surface area contributed by atoms with Gasteiger partial charge in [-0.3, -0.25) is 4.79 Å². The van der Waals surface area contributed by atoms with E-state index in [2.05, 4.69) is 35.7 Å². The Hall–Kier alpha value is -2.34. The van der Waals surface area contributed by atoms with Gasteiger partial charge in [-0.05, 0) is 51.3 Å². The first-order valence-electron chi connectivity index (χ1n) is 7.80. The molecule has 0 bridgehead atoms. The maximum absolute atomic E-state index is 13.0. The van der Waals surface area contributed by atoms with E-state index in [-0.39, 0.29) is 5.91 Å². The van der Waals surface area contributed by atoms with Gasteiger partial charge in [0.15, 0.2) is 0 Å². The minimum Gasteiger partial charge on any atom is -0.361 e. The summed E-state index contributed by atoms with van der Waals surface area (Å²) in [7, 11) is 1.81. The van der Waals surface area contributed by atoms with Crippen molar-refractivity contribution in [3.8, 4) is 5.00 Å². The number of amides is 1. The van der Waals surface area contributed by atoms with E-state index < -0.39 is 0 Å². The van der Waals surface area contributed by atoms with Crippen LogP contribution in [0.15, 0.2) is 28.1 Å². The van der Waals surface area contributed by atoms with Gasteiger partial charge in [0.05, 0.1) is 17.8 Å². The fourth-order valence-electron chi connectivity index (χ4n) is 2.87. The first kappa shape index (κ1) is 16.5. The standard InChI is InChI=1S/C18H21N3O2S/c1-11-6-7-12(2)21(11)18-15(8-9-24-18)17(22)20(5)10-16-13(3)19-23-14(16)4/h6-9H,10H2,1-5H3. The summed E-state index contributed by atoms with van der Waals surface area (Å²) in [5.41, 5.74) is 4.76. The molecule has 1 amide bonds. The van der Waals surface area contributed by atoms with Crippen molar-refractivity contribution in [3.63, 3.8) is 0 Å². The van der Waals surface area contributed by atoms with E-state index in [9.17, 15) is 4.79 Å². The van der Waals surface area contributed by atoms with E-state index >= 15 is 0 Å². The lowest BCUT2D eigenvalue weighted by atomic mass is 10.2. The number of hydrogen-bond donors (Lipinski definition) is 0. The van der Waals surface area contributed by atoms with E-state index in [1.807, 2.05) is 32.3 Å². The van der Waals surface area contributed by atoms with E-state index in [1.54, 1.807) is 16.2 Å². The van der Waals surface area contributed by atoms with Crippen LogP contribution in [-0.2, 0) is 6.54 Å². The second-order valence-electron chi connectivity index (χ2n) is 6.05. The van der Waals surface area contributed by atoms with Gasteiger partial charge in [-0.25, -0.2) is 0 Å². The van der Waals surface area contributed by atoms with Crippen molar-refractivity contribution in [3.05, 3.63) is 57.5 Å². The van der Waals surface area contributed by atoms with Gasteiger partial charge in [-0.2, -0.15) is 0 Å². The lowest BCUT2D eigenvalue weighted by Crippen LogP contribution is -2.27. The predicted molar refractivity (Wildman–Crippen MR) is 94.9 cm³/mol. The van der Waals surface area contributed by atoms with Crippen molar-refractivity contribution in [2.24, 2.45) is 0 Å². The molecule has 0 atom stereocenters. The lowest BCUT2D eigenvalue weighted by Gasteiger charge is -2.18. The molecule has 3 rings (SSSR count). The molecule has 0 aliphatic carbocycles. The number of carbonyl (C=O) groups is 1. The Morgan fingerprint density at radius 1 is 1.21 bits per heavy atom. The second kappa shape index (κ2) is 6.28. The molecule has 0 spiro atoms. The molecular weight excluding hydrogens is 322 g/mol. The van der Waals surface area contributed by atoms with Crippen LogP contribution in [0.3, 0.4) is 0 Å². The highest BCUT2D eigenvalue weighted by atomic mass is 32.1. The van der Waals surface area contributed by atoms with Crippen molar-refractivity contribution >= 4 is 17.2 Å². The van der Waals surface area contributed by atoms with Crippen LogP contribution in [0.4, 0.5) is 0 Å². The van der Waals surface area contributed by atoms with Crippen molar-refractivity contribution in [2.45, 2.75) is 34.2 Å². The molecule has 5 nitrogen and oxygen atoms in total. The summed E-state index contributed by atoms with van der Waals surface area (Å²) < 4.78 is 7.32. The molecular formula is C18H21N3O2S. The molecule has 24 heavy (non-hydrogen) atoms. The Morgan fingerprint density at radius 2 is 1.88 bits per heavy atom. The number of aromatic nitrogens is 2. The molecule has 0 unspecified atom stereocenters.